The quantitative estimate of drug-likeness (QED) is 0.734. The topological polar surface area (TPSA) is 93.0 Å². The number of sulfonamides is 1. The molecule has 1 atom stereocenters. The van der Waals surface area contributed by atoms with Crippen molar-refractivity contribution in [3.63, 3.8) is 0 Å². The summed E-state index contributed by atoms with van der Waals surface area (Å²) in [5.74, 6) is -1.56. The van der Waals surface area contributed by atoms with Crippen LogP contribution >= 0.6 is 0 Å². The number of aliphatic imine (C=N–C) groups is 1. The van der Waals surface area contributed by atoms with Gasteiger partial charge in [0.1, 0.15) is 21.9 Å². The van der Waals surface area contributed by atoms with Crippen molar-refractivity contribution in [3.05, 3.63) is 70.6 Å². The molecule has 160 valence electrons. The minimum atomic E-state index is -3.85. The molecule has 1 aromatic heterocycles. The summed E-state index contributed by atoms with van der Waals surface area (Å²) in [4.78, 5) is 11.5. The van der Waals surface area contributed by atoms with E-state index in [2.05, 4.69) is 14.8 Å². The van der Waals surface area contributed by atoms with E-state index in [1.165, 1.54) is 43.6 Å². The Hall–Kier alpha value is -3.32. The first kappa shape index (κ1) is 20.9. The lowest BCUT2D eigenvalue weighted by molar-refractivity contribution is 0.381. The van der Waals surface area contributed by atoms with Crippen molar-refractivity contribution < 1.29 is 17.2 Å². The maximum atomic E-state index is 14.9. The average molecular weight is 443 g/mol. The van der Waals surface area contributed by atoms with Crippen LogP contribution in [0.25, 0.3) is 16.7 Å². The standard InChI is InChI=1S/C21H19F2N5O2S/c1-20(21(8-9-21)31(29,30)28(3)19(24)27-20)15-10-13(4-6-16(15)22)11-17(23)18-7-5-14(25-2)12-26-18/h4-7,10-12H,8-9H2,1,3H3,(H2,24,27)/b17-11-/t20-/m1/s1. The Labute approximate surface area is 178 Å². The highest BCUT2D eigenvalue weighted by molar-refractivity contribution is 7.91. The molecule has 0 bridgehead atoms. The van der Waals surface area contributed by atoms with Crippen LogP contribution in [-0.2, 0) is 15.6 Å². The molecule has 2 heterocycles. The molecule has 0 unspecified atom stereocenters. The summed E-state index contributed by atoms with van der Waals surface area (Å²) in [5, 5.41) is 0. The van der Waals surface area contributed by atoms with E-state index >= 15 is 0 Å². The Morgan fingerprint density at radius 2 is 2.03 bits per heavy atom. The number of rotatable bonds is 3. The summed E-state index contributed by atoms with van der Waals surface area (Å²) in [7, 11) is -2.52. The van der Waals surface area contributed by atoms with Crippen molar-refractivity contribution in [2.75, 3.05) is 7.05 Å². The minimum Gasteiger partial charge on any atom is -0.369 e. The van der Waals surface area contributed by atoms with Crippen molar-refractivity contribution in [2.24, 2.45) is 10.7 Å². The Morgan fingerprint density at radius 3 is 2.61 bits per heavy atom. The molecule has 4 rings (SSSR count). The van der Waals surface area contributed by atoms with Gasteiger partial charge in [-0.3, -0.25) is 4.98 Å². The van der Waals surface area contributed by atoms with Gasteiger partial charge < -0.3 is 5.73 Å². The molecular weight excluding hydrogens is 424 g/mol. The number of guanidine groups is 1. The number of aromatic nitrogens is 1. The third kappa shape index (κ3) is 2.99. The van der Waals surface area contributed by atoms with E-state index in [9.17, 15) is 17.2 Å². The summed E-state index contributed by atoms with van der Waals surface area (Å²) in [5.41, 5.74) is 5.04. The molecule has 2 aromatic rings. The molecule has 2 N–H and O–H groups in total. The summed E-state index contributed by atoms with van der Waals surface area (Å²) in [6, 6.07) is 6.74. The normalized spacial score (nSPS) is 23.9. The van der Waals surface area contributed by atoms with Gasteiger partial charge in [-0.25, -0.2) is 31.3 Å². The van der Waals surface area contributed by atoms with Crippen LogP contribution in [0.1, 0.15) is 36.6 Å². The molecule has 31 heavy (non-hydrogen) atoms. The van der Waals surface area contributed by atoms with Crippen LogP contribution in [0.2, 0.25) is 0 Å². The van der Waals surface area contributed by atoms with E-state index in [0.29, 0.717) is 18.4 Å². The molecule has 0 saturated heterocycles. The second kappa shape index (κ2) is 6.85. The van der Waals surface area contributed by atoms with Crippen LogP contribution < -0.4 is 5.73 Å². The molecule has 2 aliphatic rings. The highest BCUT2D eigenvalue weighted by Crippen LogP contribution is 2.60. The van der Waals surface area contributed by atoms with Crippen molar-refractivity contribution >= 4 is 33.6 Å². The fourth-order valence-corrected chi connectivity index (χ4v) is 6.11. The van der Waals surface area contributed by atoms with E-state index in [-0.39, 0.29) is 22.9 Å². The van der Waals surface area contributed by atoms with Gasteiger partial charge in [-0.1, -0.05) is 12.1 Å². The van der Waals surface area contributed by atoms with E-state index in [1.54, 1.807) is 6.92 Å². The maximum absolute atomic E-state index is 14.9. The fourth-order valence-electron chi connectivity index (χ4n) is 4.02. The average Bonchev–Trinajstić information content (AvgIpc) is 3.56. The third-order valence-corrected chi connectivity index (χ3v) is 8.74. The highest BCUT2D eigenvalue weighted by Gasteiger charge is 2.70. The first-order valence-electron chi connectivity index (χ1n) is 9.41. The third-order valence-electron chi connectivity index (χ3n) is 6.04. The van der Waals surface area contributed by atoms with Crippen molar-refractivity contribution in [1.82, 2.24) is 9.29 Å². The summed E-state index contributed by atoms with van der Waals surface area (Å²) >= 11 is 0. The van der Waals surface area contributed by atoms with Gasteiger partial charge in [0.25, 0.3) is 0 Å². The van der Waals surface area contributed by atoms with E-state index in [4.69, 9.17) is 12.3 Å². The van der Waals surface area contributed by atoms with Crippen molar-refractivity contribution in [3.8, 4) is 0 Å². The zero-order valence-corrected chi connectivity index (χ0v) is 17.6. The SMILES string of the molecule is [C-]#[N+]c1ccc(/C(F)=C/c2ccc(F)c([C@@]3(C)N=C(N)N(C)S(=O)(=O)C34CC4)c2)nc1. The molecule has 1 aromatic carbocycles. The number of benzene rings is 1. The molecule has 1 spiro atoms. The van der Waals surface area contributed by atoms with Gasteiger partial charge in [0, 0.05) is 18.8 Å². The van der Waals surface area contributed by atoms with Gasteiger partial charge in [0.05, 0.1) is 12.3 Å². The van der Waals surface area contributed by atoms with Gasteiger partial charge in [-0.05, 0) is 49.6 Å². The minimum absolute atomic E-state index is 0.0206. The van der Waals surface area contributed by atoms with E-state index in [0.717, 1.165) is 10.4 Å². The second-order valence-corrected chi connectivity index (χ2v) is 10.0. The number of nitrogens with zero attached hydrogens (tertiary/aromatic N) is 4. The smallest absolute Gasteiger partial charge is 0.245 e. The number of nitrogens with two attached hydrogens (primary N) is 1. The zero-order chi connectivity index (χ0) is 22.6. The lowest BCUT2D eigenvalue weighted by atomic mass is 9.85. The molecule has 1 fully saturated rings. The Bertz CT molecular complexity index is 1280. The van der Waals surface area contributed by atoms with Gasteiger partial charge in [-0.15, -0.1) is 0 Å². The highest BCUT2D eigenvalue weighted by atomic mass is 32.2. The van der Waals surface area contributed by atoms with Crippen LogP contribution in [0, 0.1) is 12.4 Å². The van der Waals surface area contributed by atoms with E-state index in [1.807, 2.05) is 0 Å². The van der Waals surface area contributed by atoms with Gasteiger partial charge in [0.15, 0.2) is 0 Å². The molecule has 0 radical (unpaired) electrons. The summed E-state index contributed by atoms with van der Waals surface area (Å²) < 4.78 is 55.4. The first-order valence-corrected chi connectivity index (χ1v) is 10.8. The van der Waals surface area contributed by atoms with Gasteiger partial charge in [0.2, 0.25) is 21.7 Å². The first-order chi connectivity index (χ1) is 14.6. The van der Waals surface area contributed by atoms with Crippen LogP contribution in [0.5, 0.6) is 0 Å². The number of hydrogen-bond acceptors (Lipinski definition) is 5. The molecule has 1 aliphatic heterocycles. The molecule has 10 heteroatoms. The zero-order valence-electron chi connectivity index (χ0n) is 16.8. The van der Waals surface area contributed by atoms with Crippen molar-refractivity contribution in [1.29, 1.82) is 0 Å². The van der Waals surface area contributed by atoms with Gasteiger partial charge in [-0.2, -0.15) is 0 Å². The van der Waals surface area contributed by atoms with Crippen LogP contribution in [0.3, 0.4) is 0 Å². The Balaban J connectivity index is 1.81. The molecule has 0 amide bonds. The molecule has 7 nitrogen and oxygen atoms in total. The molecule has 1 aliphatic carbocycles. The lowest BCUT2D eigenvalue weighted by Crippen LogP contribution is -2.58. The van der Waals surface area contributed by atoms with E-state index < -0.39 is 32.0 Å². The van der Waals surface area contributed by atoms with Crippen LogP contribution in [0.15, 0.2) is 41.5 Å². The monoisotopic (exact) mass is 443 g/mol. The second-order valence-electron chi connectivity index (χ2n) is 7.75. The largest absolute Gasteiger partial charge is 0.369 e. The Morgan fingerprint density at radius 1 is 1.32 bits per heavy atom. The summed E-state index contributed by atoms with van der Waals surface area (Å²) in [6.45, 7) is 8.47. The van der Waals surface area contributed by atoms with Gasteiger partial charge >= 0.3 is 0 Å². The predicted molar refractivity (Wildman–Crippen MR) is 114 cm³/mol. The fraction of sp³-hybridized carbons (Fsp3) is 0.286. The number of hydrogen-bond donors (Lipinski definition) is 1. The number of pyridine rings is 1. The number of halogens is 2. The Kier molecular flexibility index (Phi) is 4.63. The molecule has 1 saturated carbocycles. The maximum Gasteiger partial charge on any atom is 0.245 e. The predicted octanol–water partition coefficient (Wildman–Crippen LogP) is 3.58. The van der Waals surface area contributed by atoms with Crippen LogP contribution in [0.4, 0.5) is 14.5 Å². The lowest BCUT2D eigenvalue weighted by Gasteiger charge is -2.42. The molecular formula is C21H19F2N5O2S. The van der Waals surface area contributed by atoms with Crippen LogP contribution in [-0.4, -0.2) is 35.5 Å². The summed E-state index contributed by atoms with van der Waals surface area (Å²) in [6.07, 6.45) is 3.06. The van der Waals surface area contributed by atoms with Crippen molar-refractivity contribution in [2.45, 2.75) is 30.1 Å².